The summed E-state index contributed by atoms with van der Waals surface area (Å²) in [7, 11) is 0. The highest BCUT2D eigenvalue weighted by Gasteiger charge is 2.16. The molecule has 5 heteroatoms. The lowest BCUT2D eigenvalue weighted by Gasteiger charge is -2.19. The van der Waals surface area contributed by atoms with Crippen molar-refractivity contribution < 1.29 is 19.1 Å². The molecule has 0 radical (unpaired) electrons. The predicted octanol–water partition coefficient (Wildman–Crippen LogP) is 0.371. The number of carbonyl (C=O) groups excluding carboxylic acids is 2. The minimum Gasteiger partial charge on any atom is -0.548 e. The molecule has 0 spiro atoms. The number of carboxylic acids is 1. The first-order valence-electron chi connectivity index (χ1n) is 5.76. The first kappa shape index (κ1) is 12.9. The second-order valence-corrected chi connectivity index (χ2v) is 4.01. The molecule has 0 unspecified atom stereocenters. The summed E-state index contributed by atoms with van der Waals surface area (Å²) in [6, 6.07) is 10.9. The Morgan fingerprint density at radius 1 is 1.16 bits per heavy atom. The Kier molecular flexibility index (Phi) is 3.97. The van der Waals surface area contributed by atoms with E-state index >= 15 is 0 Å². The van der Waals surface area contributed by atoms with Gasteiger partial charge in [-0.2, -0.15) is 0 Å². The van der Waals surface area contributed by atoms with E-state index in [2.05, 4.69) is 5.32 Å². The summed E-state index contributed by atoms with van der Waals surface area (Å²) in [4.78, 5) is 22.8. The Balaban J connectivity index is 2.05. The fourth-order valence-corrected chi connectivity index (χ4v) is 1.68. The van der Waals surface area contributed by atoms with Crippen LogP contribution < -0.4 is 10.4 Å². The second-order valence-electron chi connectivity index (χ2n) is 4.01. The Morgan fingerprint density at radius 3 is 2.47 bits per heavy atom. The SMILES string of the molecule is O=C(N[C@H](Cc1ccccc1)C(=O)[O-])c1ccco1. The van der Waals surface area contributed by atoms with Crippen molar-refractivity contribution >= 4 is 11.9 Å². The van der Waals surface area contributed by atoms with E-state index < -0.39 is 17.9 Å². The quantitative estimate of drug-likeness (QED) is 0.840. The van der Waals surface area contributed by atoms with Crippen LogP contribution >= 0.6 is 0 Å². The third-order valence-electron chi connectivity index (χ3n) is 2.62. The lowest BCUT2D eigenvalue weighted by molar-refractivity contribution is -0.308. The normalized spacial score (nSPS) is 11.8. The summed E-state index contributed by atoms with van der Waals surface area (Å²) in [5.41, 5.74) is 0.802. The van der Waals surface area contributed by atoms with Gasteiger partial charge in [0.15, 0.2) is 5.76 Å². The van der Waals surface area contributed by atoms with Gasteiger partial charge in [-0.3, -0.25) is 4.79 Å². The topological polar surface area (TPSA) is 82.4 Å². The molecule has 1 amide bonds. The van der Waals surface area contributed by atoms with Crippen LogP contribution in [0, 0.1) is 0 Å². The van der Waals surface area contributed by atoms with Gasteiger partial charge in [0.1, 0.15) is 0 Å². The van der Waals surface area contributed by atoms with E-state index in [1.807, 2.05) is 6.07 Å². The van der Waals surface area contributed by atoms with Gasteiger partial charge >= 0.3 is 0 Å². The summed E-state index contributed by atoms with van der Waals surface area (Å²) >= 11 is 0. The van der Waals surface area contributed by atoms with E-state index in [1.165, 1.54) is 12.3 Å². The standard InChI is InChI=1S/C14H13NO4/c16-13(12-7-4-8-19-12)15-11(14(17)18)9-10-5-2-1-3-6-10/h1-8,11H,9H2,(H,15,16)(H,17,18)/p-1/t11-/m1/s1. The van der Waals surface area contributed by atoms with Crippen molar-refractivity contribution in [1.29, 1.82) is 0 Å². The van der Waals surface area contributed by atoms with Crippen LogP contribution in [0.25, 0.3) is 0 Å². The average molecular weight is 258 g/mol. The first-order valence-corrected chi connectivity index (χ1v) is 5.76. The molecule has 1 aromatic heterocycles. The molecule has 1 N–H and O–H groups in total. The number of nitrogens with one attached hydrogen (secondary N) is 1. The number of carbonyl (C=O) groups is 2. The third kappa shape index (κ3) is 3.45. The van der Waals surface area contributed by atoms with Crippen molar-refractivity contribution in [1.82, 2.24) is 5.32 Å². The van der Waals surface area contributed by atoms with E-state index in [0.29, 0.717) is 0 Å². The number of hydrogen-bond donors (Lipinski definition) is 1. The zero-order chi connectivity index (χ0) is 13.7. The molecular weight excluding hydrogens is 246 g/mol. The molecule has 2 aromatic rings. The third-order valence-corrected chi connectivity index (χ3v) is 2.62. The maximum Gasteiger partial charge on any atom is 0.287 e. The summed E-state index contributed by atoms with van der Waals surface area (Å²) in [6.45, 7) is 0. The zero-order valence-electron chi connectivity index (χ0n) is 10.0. The highest BCUT2D eigenvalue weighted by molar-refractivity contribution is 5.94. The van der Waals surface area contributed by atoms with Gasteiger partial charge in [0.2, 0.25) is 0 Å². The van der Waals surface area contributed by atoms with E-state index in [9.17, 15) is 14.7 Å². The lowest BCUT2D eigenvalue weighted by atomic mass is 10.1. The van der Waals surface area contributed by atoms with Crippen LogP contribution in [0.5, 0.6) is 0 Å². The van der Waals surface area contributed by atoms with E-state index in [1.54, 1.807) is 30.3 Å². The number of carboxylic acid groups (broad SMARTS) is 1. The van der Waals surface area contributed by atoms with Crippen LogP contribution in [-0.4, -0.2) is 17.9 Å². The van der Waals surface area contributed by atoms with Crippen LogP contribution in [0.3, 0.4) is 0 Å². The van der Waals surface area contributed by atoms with Gasteiger partial charge in [-0.25, -0.2) is 0 Å². The molecule has 1 atom stereocenters. The van der Waals surface area contributed by atoms with Gasteiger partial charge in [-0.05, 0) is 24.1 Å². The maximum atomic E-state index is 11.7. The molecule has 5 nitrogen and oxygen atoms in total. The smallest absolute Gasteiger partial charge is 0.287 e. The lowest BCUT2D eigenvalue weighted by Crippen LogP contribution is -2.49. The number of amides is 1. The zero-order valence-corrected chi connectivity index (χ0v) is 10.0. The Labute approximate surface area is 109 Å². The van der Waals surface area contributed by atoms with Crippen molar-refractivity contribution in [2.24, 2.45) is 0 Å². The molecule has 2 rings (SSSR count). The summed E-state index contributed by atoms with van der Waals surface area (Å²) in [5, 5.41) is 13.4. The number of furan rings is 1. The van der Waals surface area contributed by atoms with Gasteiger partial charge in [-0.15, -0.1) is 0 Å². The monoisotopic (exact) mass is 258 g/mol. The Bertz CT molecular complexity index is 548. The van der Waals surface area contributed by atoms with Crippen molar-refractivity contribution in [3.63, 3.8) is 0 Å². The van der Waals surface area contributed by atoms with Crippen LogP contribution in [-0.2, 0) is 11.2 Å². The van der Waals surface area contributed by atoms with Gasteiger partial charge in [0.25, 0.3) is 5.91 Å². The average Bonchev–Trinajstić information content (AvgIpc) is 2.93. The molecule has 0 aliphatic rings. The molecular formula is C14H12NO4-. The fourth-order valence-electron chi connectivity index (χ4n) is 1.68. The van der Waals surface area contributed by atoms with Crippen LogP contribution in [0.15, 0.2) is 53.1 Å². The summed E-state index contributed by atoms with van der Waals surface area (Å²) in [6.07, 6.45) is 1.51. The molecule has 1 aromatic carbocycles. The largest absolute Gasteiger partial charge is 0.548 e. The molecule has 1 heterocycles. The van der Waals surface area contributed by atoms with Gasteiger partial charge < -0.3 is 19.6 Å². The van der Waals surface area contributed by atoms with Crippen molar-refractivity contribution in [3.05, 3.63) is 60.1 Å². The Morgan fingerprint density at radius 2 is 1.89 bits per heavy atom. The number of aliphatic carboxylic acids is 1. The van der Waals surface area contributed by atoms with Crippen LogP contribution in [0.4, 0.5) is 0 Å². The van der Waals surface area contributed by atoms with Crippen LogP contribution in [0.2, 0.25) is 0 Å². The minimum atomic E-state index is -1.33. The molecule has 19 heavy (non-hydrogen) atoms. The molecule has 0 fully saturated rings. The van der Waals surface area contributed by atoms with Crippen molar-refractivity contribution in [2.45, 2.75) is 12.5 Å². The highest BCUT2D eigenvalue weighted by Crippen LogP contribution is 2.05. The minimum absolute atomic E-state index is 0.0688. The molecule has 0 saturated carbocycles. The predicted molar refractivity (Wildman–Crippen MR) is 65.1 cm³/mol. The van der Waals surface area contributed by atoms with Gasteiger partial charge in [0, 0.05) is 0 Å². The number of benzene rings is 1. The van der Waals surface area contributed by atoms with Gasteiger partial charge in [-0.1, -0.05) is 30.3 Å². The van der Waals surface area contributed by atoms with Gasteiger partial charge in [0.05, 0.1) is 18.3 Å². The maximum absolute atomic E-state index is 11.7. The molecule has 0 bridgehead atoms. The summed E-state index contributed by atoms with van der Waals surface area (Å²) < 4.78 is 4.90. The number of rotatable bonds is 5. The van der Waals surface area contributed by atoms with E-state index in [4.69, 9.17) is 4.42 Å². The molecule has 0 aliphatic heterocycles. The Hall–Kier alpha value is -2.56. The highest BCUT2D eigenvalue weighted by atomic mass is 16.4. The molecule has 98 valence electrons. The number of hydrogen-bond acceptors (Lipinski definition) is 4. The van der Waals surface area contributed by atoms with Crippen molar-refractivity contribution in [2.75, 3.05) is 0 Å². The summed E-state index contributed by atoms with van der Waals surface area (Å²) in [5.74, 6) is -1.83. The second kappa shape index (κ2) is 5.86. The fraction of sp³-hybridized carbons (Fsp3) is 0.143. The van der Waals surface area contributed by atoms with Crippen LogP contribution in [0.1, 0.15) is 16.1 Å². The molecule has 0 aliphatic carbocycles. The van der Waals surface area contributed by atoms with E-state index in [0.717, 1.165) is 5.56 Å². The first-order chi connectivity index (χ1) is 9.16. The van der Waals surface area contributed by atoms with E-state index in [-0.39, 0.29) is 12.2 Å². The van der Waals surface area contributed by atoms with Crippen molar-refractivity contribution in [3.8, 4) is 0 Å². The molecule has 0 saturated heterocycles.